The third-order valence-corrected chi connectivity index (χ3v) is 10.0. The van der Waals surface area contributed by atoms with E-state index in [1.165, 1.54) is 0 Å². The van der Waals surface area contributed by atoms with E-state index >= 15 is 0 Å². The predicted octanol–water partition coefficient (Wildman–Crippen LogP) is 3.25. The van der Waals surface area contributed by atoms with Crippen molar-refractivity contribution in [3.8, 4) is 11.5 Å². The SMILES string of the molecule is CC(C)(C)c1cc(CCOC(=O)CC(O)[C@H](O)CO)cc(C(C)(C)Cc2c(CCOC(=O)CC(O)C(O)C(O)CO)cc(C(C)(C)C)c(O)c2C(C)(C)C)c1O. The number of phenolic OH excluding ortho intramolecular Hbond substituents is 2. The highest BCUT2D eigenvalue weighted by Gasteiger charge is 2.36. The van der Waals surface area contributed by atoms with Crippen LogP contribution >= 0.6 is 0 Å². The second-order valence-electron chi connectivity index (χ2n) is 18.6. The van der Waals surface area contributed by atoms with Crippen LogP contribution in [0.3, 0.4) is 0 Å². The summed E-state index contributed by atoms with van der Waals surface area (Å²) in [4.78, 5) is 25.0. The summed E-state index contributed by atoms with van der Waals surface area (Å²) in [6.45, 7) is 20.3. The van der Waals surface area contributed by atoms with Crippen LogP contribution in [-0.2, 0) is 60.0 Å². The molecule has 4 unspecified atom stereocenters. The fourth-order valence-corrected chi connectivity index (χ4v) is 6.80. The minimum atomic E-state index is -1.74. The average molecular weight is 793 g/mol. The Labute approximate surface area is 331 Å². The quantitative estimate of drug-likeness (QED) is 0.0988. The standard InChI is InChI=1S/C43H68O13/c1-40(2,3)27-16-24(12-14-55-34(50)19-30(46)32(48)22-44)17-29(37(27)52)43(10,11)21-26-25(13-15-56-35(51)20-31(47)39(54)33(49)23-45)18-28(41(4,5)6)38(53)36(26)42(7,8)9/h16-18,30-33,39,44-49,52-54H,12-15,19-23H2,1-11H3/t30?,31?,32-,33?,39?/m1/s1. The summed E-state index contributed by atoms with van der Waals surface area (Å²) in [5.41, 5.74) is 2.85. The van der Waals surface area contributed by atoms with Gasteiger partial charge in [-0.3, -0.25) is 9.59 Å². The number of phenols is 2. The van der Waals surface area contributed by atoms with Crippen LogP contribution < -0.4 is 0 Å². The number of aliphatic hydroxyl groups excluding tert-OH is 7. The monoisotopic (exact) mass is 792 g/mol. The summed E-state index contributed by atoms with van der Waals surface area (Å²) in [6.07, 6.45) is -8.18. The van der Waals surface area contributed by atoms with E-state index in [9.17, 15) is 45.3 Å². The molecule has 0 saturated carbocycles. The van der Waals surface area contributed by atoms with Gasteiger partial charge in [-0.25, -0.2) is 0 Å². The molecule has 2 rings (SSSR count). The van der Waals surface area contributed by atoms with E-state index in [1.54, 1.807) is 0 Å². The van der Waals surface area contributed by atoms with Crippen LogP contribution in [0.2, 0.25) is 0 Å². The van der Waals surface area contributed by atoms with Gasteiger partial charge >= 0.3 is 11.9 Å². The molecule has 0 aromatic heterocycles. The van der Waals surface area contributed by atoms with E-state index < -0.39 is 90.2 Å². The van der Waals surface area contributed by atoms with Crippen LogP contribution in [0.15, 0.2) is 18.2 Å². The fourth-order valence-electron chi connectivity index (χ4n) is 6.80. The van der Waals surface area contributed by atoms with Crippen LogP contribution in [0.1, 0.15) is 128 Å². The topological polar surface area (TPSA) is 235 Å². The van der Waals surface area contributed by atoms with Crippen LogP contribution in [-0.4, -0.2) is 115 Å². The van der Waals surface area contributed by atoms with Crippen LogP contribution in [0.4, 0.5) is 0 Å². The molecule has 0 radical (unpaired) electrons. The lowest BCUT2D eigenvalue weighted by Crippen LogP contribution is -2.40. The van der Waals surface area contributed by atoms with Crippen molar-refractivity contribution in [1.82, 2.24) is 0 Å². The number of hydrogen-bond acceptors (Lipinski definition) is 13. The van der Waals surface area contributed by atoms with Crippen molar-refractivity contribution in [2.45, 2.75) is 160 Å². The fraction of sp³-hybridized carbons (Fsp3) is 0.674. The van der Waals surface area contributed by atoms with Gasteiger partial charge in [0, 0.05) is 24.0 Å². The Morgan fingerprint density at radius 1 is 0.589 bits per heavy atom. The predicted molar refractivity (Wildman–Crippen MR) is 212 cm³/mol. The van der Waals surface area contributed by atoms with E-state index in [1.807, 2.05) is 94.4 Å². The van der Waals surface area contributed by atoms with Crippen molar-refractivity contribution < 1.29 is 65.0 Å². The molecular weight excluding hydrogens is 724 g/mol. The van der Waals surface area contributed by atoms with Crippen molar-refractivity contribution in [3.63, 3.8) is 0 Å². The summed E-state index contributed by atoms with van der Waals surface area (Å²) in [5.74, 6) is -1.28. The normalized spacial score (nSPS) is 15.5. The highest BCUT2D eigenvalue weighted by atomic mass is 16.5. The molecule has 5 atom stereocenters. The molecule has 9 N–H and O–H groups in total. The summed E-state index contributed by atoms with van der Waals surface area (Å²) in [5, 5.41) is 91.3. The van der Waals surface area contributed by atoms with Crippen molar-refractivity contribution in [3.05, 3.63) is 57.1 Å². The lowest BCUT2D eigenvalue weighted by atomic mass is 9.69. The number of hydrogen-bond donors (Lipinski definition) is 9. The molecule has 0 spiro atoms. The highest BCUT2D eigenvalue weighted by molar-refractivity contribution is 5.70. The zero-order chi connectivity index (χ0) is 43.1. The first-order chi connectivity index (χ1) is 25.6. The molecule has 0 aliphatic heterocycles. The molecule has 13 heteroatoms. The maximum atomic E-state index is 12.7. The van der Waals surface area contributed by atoms with Gasteiger partial charge < -0.3 is 55.4 Å². The number of rotatable bonds is 18. The summed E-state index contributed by atoms with van der Waals surface area (Å²) >= 11 is 0. The Kier molecular flexibility index (Phi) is 16.9. The number of aromatic hydroxyl groups is 2. The van der Waals surface area contributed by atoms with Crippen molar-refractivity contribution >= 4 is 11.9 Å². The Hall–Kier alpha value is -3.30. The van der Waals surface area contributed by atoms with Gasteiger partial charge in [0.1, 0.15) is 29.8 Å². The van der Waals surface area contributed by atoms with Crippen molar-refractivity contribution in [2.75, 3.05) is 26.4 Å². The van der Waals surface area contributed by atoms with Gasteiger partial charge in [0.25, 0.3) is 0 Å². The summed E-state index contributed by atoms with van der Waals surface area (Å²) < 4.78 is 10.8. The van der Waals surface area contributed by atoms with Gasteiger partial charge in [-0.05, 0) is 55.9 Å². The van der Waals surface area contributed by atoms with Gasteiger partial charge in [0.15, 0.2) is 0 Å². The van der Waals surface area contributed by atoms with Crippen molar-refractivity contribution in [1.29, 1.82) is 0 Å². The van der Waals surface area contributed by atoms with E-state index in [2.05, 4.69) is 0 Å². The summed E-state index contributed by atoms with van der Waals surface area (Å²) in [7, 11) is 0. The van der Waals surface area contributed by atoms with Gasteiger partial charge in [0.2, 0.25) is 0 Å². The largest absolute Gasteiger partial charge is 0.507 e. The lowest BCUT2D eigenvalue weighted by Gasteiger charge is -2.36. The Bertz CT molecular complexity index is 1630. The Morgan fingerprint density at radius 3 is 1.54 bits per heavy atom. The number of esters is 2. The second kappa shape index (κ2) is 19.4. The number of ether oxygens (including phenoxy) is 2. The molecule has 2 aromatic carbocycles. The zero-order valence-corrected chi connectivity index (χ0v) is 35.1. The van der Waals surface area contributed by atoms with Crippen molar-refractivity contribution in [2.24, 2.45) is 0 Å². The van der Waals surface area contributed by atoms with Gasteiger partial charge in [0.05, 0.1) is 51.5 Å². The number of carbonyl (C=O) groups is 2. The molecule has 0 amide bonds. The van der Waals surface area contributed by atoms with Crippen LogP contribution in [0.25, 0.3) is 0 Å². The average Bonchev–Trinajstić information content (AvgIpc) is 3.06. The third kappa shape index (κ3) is 13.1. The minimum Gasteiger partial charge on any atom is -0.507 e. The van der Waals surface area contributed by atoms with Gasteiger partial charge in [-0.2, -0.15) is 0 Å². The summed E-state index contributed by atoms with van der Waals surface area (Å²) in [6, 6.07) is 5.66. The number of aliphatic hydroxyl groups is 7. The van der Waals surface area contributed by atoms with Crippen LogP contribution in [0, 0.1) is 0 Å². The van der Waals surface area contributed by atoms with E-state index in [-0.39, 0.29) is 37.6 Å². The molecule has 0 saturated heterocycles. The number of carbonyl (C=O) groups excluding carboxylic acids is 2. The molecule has 0 aliphatic rings. The van der Waals surface area contributed by atoms with E-state index in [0.717, 1.165) is 16.7 Å². The molecule has 0 fully saturated rings. The Morgan fingerprint density at radius 2 is 1.05 bits per heavy atom. The highest BCUT2D eigenvalue weighted by Crippen LogP contribution is 2.47. The third-order valence-electron chi connectivity index (χ3n) is 10.0. The lowest BCUT2D eigenvalue weighted by molar-refractivity contribution is -0.150. The first-order valence-corrected chi connectivity index (χ1v) is 19.3. The Balaban J connectivity index is 2.62. The molecule has 2 aromatic rings. The molecule has 318 valence electrons. The van der Waals surface area contributed by atoms with E-state index in [4.69, 9.17) is 19.7 Å². The first kappa shape index (κ1) is 48.8. The van der Waals surface area contributed by atoms with Gasteiger partial charge in [-0.1, -0.05) is 94.4 Å². The smallest absolute Gasteiger partial charge is 0.308 e. The molecule has 13 nitrogen and oxygen atoms in total. The molecule has 0 aliphatic carbocycles. The molecular formula is C43H68O13. The van der Waals surface area contributed by atoms with E-state index in [0.29, 0.717) is 28.7 Å². The molecule has 56 heavy (non-hydrogen) atoms. The zero-order valence-electron chi connectivity index (χ0n) is 35.1. The molecule has 0 heterocycles. The van der Waals surface area contributed by atoms with Gasteiger partial charge in [-0.15, -0.1) is 0 Å². The molecule has 0 bridgehead atoms. The first-order valence-electron chi connectivity index (χ1n) is 19.3. The minimum absolute atomic E-state index is 0.0355. The number of benzene rings is 2. The maximum absolute atomic E-state index is 12.7. The maximum Gasteiger partial charge on any atom is 0.308 e. The van der Waals surface area contributed by atoms with Crippen LogP contribution in [0.5, 0.6) is 11.5 Å². The second-order valence-corrected chi connectivity index (χ2v) is 18.6.